The summed E-state index contributed by atoms with van der Waals surface area (Å²) in [4.78, 5) is 11.8. The molecule has 0 bridgehead atoms. The highest BCUT2D eigenvalue weighted by molar-refractivity contribution is 5.69. The Kier molecular flexibility index (Phi) is 17.1. The number of hydrogen-bond acceptors (Lipinski definition) is 4. The molecule has 0 aromatic heterocycles. The third-order valence-corrected chi connectivity index (χ3v) is 5.49. The first-order chi connectivity index (χ1) is 14.7. The molecule has 0 amide bonds. The number of esters is 1. The maximum atomic E-state index is 11.8. The van der Waals surface area contributed by atoms with Gasteiger partial charge in [0.2, 0.25) is 0 Å². The standard InChI is InChI=1S/C26H45NO3/c1-2-3-4-5-6-7-8-9-10-11-12-13-14-18-21-26(29)30-23-25(28)22-27-24-19-16-15-17-20-24/h15-17,19-20,25,27-28H,2-14,18,21-23H2,1H3. The molecule has 1 aromatic rings. The maximum Gasteiger partial charge on any atom is 0.305 e. The van der Waals surface area contributed by atoms with E-state index in [1.807, 2.05) is 30.3 Å². The SMILES string of the molecule is CCCCCCCCCCCCCCCCC(=O)OCC(O)CNc1ccccc1. The van der Waals surface area contributed by atoms with E-state index in [1.54, 1.807) is 0 Å². The number of ether oxygens (including phenoxy) is 1. The smallest absolute Gasteiger partial charge is 0.305 e. The maximum absolute atomic E-state index is 11.8. The van der Waals surface area contributed by atoms with Gasteiger partial charge < -0.3 is 15.2 Å². The van der Waals surface area contributed by atoms with Crippen LogP contribution in [0.4, 0.5) is 5.69 Å². The van der Waals surface area contributed by atoms with Gasteiger partial charge in [-0.3, -0.25) is 4.79 Å². The summed E-state index contributed by atoms with van der Waals surface area (Å²) in [7, 11) is 0. The van der Waals surface area contributed by atoms with Crippen molar-refractivity contribution in [2.24, 2.45) is 0 Å². The van der Waals surface area contributed by atoms with E-state index in [4.69, 9.17) is 4.74 Å². The van der Waals surface area contributed by atoms with Crippen molar-refractivity contribution >= 4 is 11.7 Å². The van der Waals surface area contributed by atoms with E-state index in [2.05, 4.69) is 12.2 Å². The topological polar surface area (TPSA) is 58.6 Å². The van der Waals surface area contributed by atoms with Gasteiger partial charge in [0, 0.05) is 18.7 Å². The number of nitrogens with one attached hydrogen (secondary N) is 1. The largest absolute Gasteiger partial charge is 0.463 e. The molecular weight excluding hydrogens is 374 g/mol. The zero-order valence-corrected chi connectivity index (χ0v) is 19.2. The molecule has 30 heavy (non-hydrogen) atoms. The lowest BCUT2D eigenvalue weighted by Gasteiger charge is -2.13. The Morgan fingerprint density at radius 1 is 0.833 bits per heavy atom. The molecule has 1 atom stereocenters. The van der Waals surface area contributed by atoms with Crippen molar-refractivity contribution in [3.8, 4) is 0 Å². The van der Waals surface area contributed by atoms with E-state index in [9.17, 15) is 9.90 Å². The second-order valence-corrected chi connectivity index (χ2v) is 8.43. The number of aliphatic hydroxyl groups is 1. The van der Waals surface area contributed by atoms with E-state index >= 15 is 0 Å². The zero-order chi connectivity index (χ0) is 21.7. The van der Waals surface area contributed by atoms with Crippen LogP contribution >= 0.6 is 0 Å². The molecule has 1 unspecified atom stereocenters. The van der Waals surface area contributed by atoms with Gasteiger partial charge in [-0.2, -0.15) is 0 Å². The van der Waals surface area contributed by atoms with Crippen molar-refractivity contribution in [2.75, 3.05) is 18.5 Å². The molecule has 1 rings (SSSR count). The van der Waals surface area contributed by atoms with Gasteiger partial charge in [-0.05, 0) is 18.6 Å². The predicted octanol–water partition coefficient (Wildman–Crippen LogP) is 6.87. The van der Waals surface area contributed by atoms with Crippen LogP contribution in [-0.2, 0) is 9.53 Å². The van der Waals surface area contributed by atoms with Crippen LogP contribution in [0.1, 0.15) is 103 Å². The number of benzene rings is 1. The van der Waals surface area contributed by atoms with Gasteiger partial charge in [0.1, 0.15) is 12.7 Å². The molecule has 0 aliphatic heterocycles. The Hall–Kier alpha value is -1.55. The molecule has 172 valence electrons. The van der Waals surface area contributed by atoms with Gasteiger partial charge in [0.15, 0.2) is 0 Å². The Labute approximate surface area is 184 Å². The Balaban J connectivity index is 1.82. The molecule has 0 heterocycles. The number of carbonyl (C=O) groups excluding carboxylic acids is 1. The summed E-state index contributed by atoms with van der Waals surface area (Å²) in [5.74, 6) is -0.201. The number of para-hydroxylation sites is 1. The summed E-state index contributed by atoms with van der Waals surface area (Å²) >= 11 is 0. The van der Waals surface area contributed by atoms with E-state index < -0.39 is 6.10 Å². The fraction of sp³-hybridized carbons (Fsp3) is 0.731. The normalized spacial score (nSPS) is 11.9. The summed E-state index contributed by atoms with van der Waals surface area (Å²) in [6, 6.07) is 9.69. The van der Waals surface area contributed by atoms with E-state index in [0.29, 0.717) is 13.0 Å². The van der Waals surface area contributed by atoms with Crippen LogP contribution in [0.25, 0.3) is 0 Å². The lowest BCUT2D eigenvalue weighted by molar-refractivity contribution is -0.146. The van der Waals surface area contributed by atoms with Gasteiger partial charge in [0.25, 0.3) is 0 Å². The number of hydrogen-bond donors (Lipinski definition) is 2. The van der Waals surface area contributed by atoms with Crippen LogP contribution in [0, 0.1) is 0 Å². The highest BCUT2D eigenvalue weighted by atomic mass is 16.5. The second-order valence-electron chi connectivity index (χ2n) is 8.43. The fourth-order valence-corrected chi connectivity index (χ4v) is 3.58. The number of rotatable bonds is 20. The molecular formula is C26H45NO3. The van der Waals surface area contributed by atoms with E-state index in [1.165, 1.54) is 77.0 Å². The van der Waals surface area contributed by atoms with Gasteiger partial charge in [-0.1, -0.05) is 109 Å². The zero-order valence-electron chi connectivity index (χ0n) is 19.2. The lowest BCUT2D eigenvalue weighted by Crippen LogP contribution is -2.26. The average molecular weight is 420 g/mol. The third kappa shape index (κ3) is 16.3. The number of aliphatic hydroxyl groups excluding tert-OH is 1. The fourth-order valence-electron chi connectivity index (χ4n) is 3.58. The van der Waals surface area contributed by atoms with Gasteiger partial charge in [0.05, 0.1) is 0 Å². The summed E-state index contributed by atoms with van der Waals surface area (Å²) in [5.41, 5.74) is 0.949. The van der Waals surface area contributed by atoms with Gasteiger partial charge in [-0.15, -0.1) is 0 Å². The summed E-state index contributed by atoms with van der Waals surface area (Å²) < 4.78 is 5.18. The van der Waals surface area contributed by atoms with E-state index in [-0.39, 0.29) is 12.6 Å². The third-order valence-electron chi connectivity index (χ3n) is 5.49. The number of unbranched alkanes of at least 4 members (excludes halogenated alkanes) is 13. The molecule has 4 heteroatoms. The minimum absolute atomic E-state index is 0.0528. The van der Waals surface area contributed by atoms with Crippen LogP contribution in [-0.4, -0.2) is 30.3 Å². The molecule has 0 fully saturated rings. The molecule has 0 radical (unpaired) electrons. The summed E-state index contributed by atoms with van der Waals surface area (Å²) in [5, 5.41) is 13.0. The van der Waals surface area contributed by atoms with Crippen molar-refractivity contribution in [1.82, 2.24) is 0 Å². The molecule has 4 nitrogen and oxygen atoms in total. The monoisotopic (exact) mass is 419 g/mol. The predicted molar refractivity (Wildman–Crippen MR) is 127 cm³/mol. The minimum atomic E-state index is -0.689. The van der Waals surface area contributed by atoms with Crippen molar-refractivity contribution in [3.05, 3.63) is 30.3 Å². The van der Waals surface area contributed by atoms with Crippen molar-refractivity contribution in [1.29, 1.82) is 0 Å². The highest BCUT2D eigenvalue weighted by Gasteiger charge is 2.08. The van der Waals surface area contributed by atoms with Crippen molar-refractivity contribution in [3.63, 3.8) is 0 Å². The first-order valence-electron chi connectivity index (χ1n) is 12.3. The molecule has 0 aliphatic rings. The molecule has 0 aliphatic carbocycles. The lowest BCUT2D eigenvalue weighted by atomic mass is 10.0. The number of anilines is 1. The van der Waals surface area contributed by atoms with Crippen LogP contribution < -0.4 is 5.32 Å². The Morgan fingerprint density at radius 3 is 1.87 bits per heavy atom. The highest BCUT2D eigenvalue weighted by Crippen LogP contribution is 2.13. The Bertz CT molecular complexity index is 506. The van der Waals surface area contributed by atoms with Crippen LogP contribution in [0.2, 0.25) is 0 Å². The second kappa shape index (κ2) is 19.4. The van der Waals surface area contributed by atoms with Crippen molar-refractivity contribution < 1.29 is 14.6 Å². The van der Waals surface area contributed by atoms with Crippen molar-refractivity contribution in [2.45, 2.75) is 109 Å². The molecule has 0 saturated carbocycles. The number of carbonyl (C=O) groups is 1. The van der Waals surface area contributed by atoms with Crippen LogP contribution in [0.5, 0.6) is 0 Å². The van der Waals surface area contributed by atoms with Crippen LogP contribution in [0.15, 0.2) is 30.3 Å². The quantitative estimate of drug-likeness (QED) is 0.179. The summed E-state index contributed by atoms with van der Waals surface area (Å²) in [6.07, 6.45) is 18.0. The van der Waals surface area contributed by atoms with Gasteiger partial charge in [-0.25, -0.2) is 0 Å². The molecule has 0 spiro atoms. The first kappa shape index (κ1) is 26.5. The Morgan fingerprint density at radius 2 is 1.33 bits per heavy atom. The van der Waals surface area contributed by atoms with Crippen LogP contribution in [0.3, 0.4) is 0 Å². The van der Waals surface area contributed by atoms with Gasteiger partial charge >= 0.3 is 5.97 Å². The minimum Gasteiger partial charge on any atom is -0.463 e. The van der Waals surface area contributed by atoms with E-state index in [0.717, 1.165) is 18.5 Å². The average Bonchev–Trinajstić information content (AvgIpc) is 2.77. The molecule has 0 saturated heterocycles. The molecule has 2 N–H and O–H groups in total. The molecule has 1 aromatic carbocycles. The summed E-state index contributed by atoms with van der Waals surface area (Å²) in [6.45, 7) is 2.69. The first-order valence-corrected chi connectivity index (χ1v) is 12.3.